The van der Waals surface area contributed by atoms with Crippen molar-refractivity contribution in [2.75, 3.05) is 0 Å². The van der Waals surface area contributed by atoms with Crippen LogP contribution in [0, 0.1) is 0 Å². The molecule has 6 aromatic carbocycles. The number of para-hydroxylation sites is 1. The van der Waals surface area contributed by atoms with Gasteiger partial charge in [-0.25, -0.2) is 15.0 Å². The summed E-state index contributed by atoms with van der Waals surface area (Å²) in [7, 11) is 0. The van der Waals surface area contributed by atoms with E-state index in [-0.39, 0.29) is 5.41 Å². The van der Waals surface area contributed by atoms with Crippen molar-refractivity contribution in [1.82, 2.24) is 15.0 Å². The van der Waals surface area contributed by atoms with E-state index in [1.165, 1.54) is 33.2 Å². The van der Waals surface area contributed by atoms with Crippen molar-refractivity contribution < 1.29 is 4.42 Å². The first-order valence-corrected chi connectivity index (χ1v) is 15.6. The molecule has 0 spiro atoms. The highest BCUT2D eigenvalue weighted by atomic mass is 16.3. The van der Waals surface area contributed by atoms with Crippen molar-refractivity contribution >= 4 is 21.9 Å². The lowest BCUT2D eigenvalue weighted by atomic mass is 9.78. The number of rotatable bonds is 4. The SMILES string of the molecule is CC1(C)c2cc3c(cc2-c2cccc(-c4ccc(-c5nc(-c6ccccc6)nc(-c6ccccc6)n5)cc4)c21)oc1ccccc13. The van der Waals surface area contributed by atoms with E-state index in [0.717, 1.165) is 38.8 Å². The third-order valence-corrected chi connectivity index (χ3v) is 9.32. The Morgan fingerprint density at radius 3 is 1.63 bits per heavy atom. The lowest BCUT2D eigenvalue weighted by molar-refractivity contribution is 0.659. The Morgan fingerprint density at radius 2 is 0.978 bits per heavy atom. The maximum Gasteiger partial charge on any atom is 0.164 e. The van der Waals surface area contributed by atoms with E-state index < -0.39 is 0 Å². The number of benzene rings is 6. The first-order chi connectivity index (χ1) is 22.5. The first kappa shape index (κ1) is 26.5. The molecule has 8 aromatic rings. The Hall–Kier alpha value is -5.87. The molecular weight excluding hydrogens is 562 g/mol. The molecule has 218 valence electrons. The average Bonchev–Trinajstić information content (AvgIpc) is 3.59. The van der Waals surface area contributed by atoms with E-state index in [9.17, 15) is 0 Å². The number of fused-ring (bicyclic) bond motifs is 6. The van der Waals surface area contributed by atoms with Gasteiger partial charge in [-0.15, -0.1) is 0 Å². The van der Waals surface area contributed by atoms with Gasteiger partial charge >= 0.3 is 0 Å². The molecule has 0 atom stereocenters. The predicted octanol–water partition coefficient (Wildman–Crippen LogP) is 10.7. The van der Waals surface area contributed by atoms with Gasteiger partial charge in [0.05, 0.1) is 0 Å². The summed E-state index contributed by atoms with van der Waals surface area (Å²) in [4.78, 5) is 14.7. The summed E-state index contributed by atoms with van der Waals surface area (Å²) in [6.07, 6.45) is 0. The van der Waals surface area contributed by atoms with Crippen LogP contribution < -0.4 is 0 Å². The fourth-order valence-electron chi connectivity index (χ4n) is 7.07. The molecule has 9 rings (SSSR count). The molecule has 1 aliphatic carbocycles. The van der Waals surface area contributed by atoms with Crippen LogP contribution in [0.15, 0.2) is 144 Å². The second-order valence-corrected chi connectivity index (χ2v) is 12.5. The summed E-state index contributed by atoms with van der Waals surface area (Å²) in [5, 5.41) is 2.33. The van der Waals surface area contributed by atoms with Crippen LogP contribution in [0.1, 0.15) is 25.0 Å². The molecule has 0 saturated carbocycles. The van der Waals surface area contributed by atoms with Crippen molar-refractivity contribution in [2.45, 2.75) is 19.3 Å². The third kappa shape index (κ3) is 4.11. The molecule has 0 amide bonds. The van der Waals surface area contributed by atoms with Gasteiger partial charge in [0.1, 0.15) is 11.2 Å². The van der Waals surface area contributed by atoms with Crippen LogP contribution >= 0.6 is 0 Å². The quantitative estimate of drug-likeness (QED) is 0.204. The second kappa shape index (κ2) is 10.1. The van der Waals surface area contributed by atoms with Crippen molar-refractivity contribution in [3.05, 3.63) is 151 Å². The van der Waals surface area contributed by atoms with Gasteiger partial charge in [0.15, 0.2) is 17.5 Å². The topological polar surface area (TPSA) is 51.8 Å². The molecule has 0 fully saturated rings. The zero-order valence-corrected chi connectivity index (χ0v) is 25.5. The fraction of sp³-hybridized carbons (Fsp3) is 0.0714. The minimum Gasteiger partial charge on any atom is -0.456 e. The molecule has 0 unspecified atom stereocenters. The Labute approximate surface area is 267 Å². The van der Waals surface area contributed by atoms with Gasteiger partial charge in [0, 0.05) is 32.9 Å². The lowest BCUT2D eigenvalue weighted by Crippen LogP contribution is -2.16. The predicted molar refractivity (Wildman–Crippen MR) is 186 cm³/mol. The summed E-state index contributed by atoms with van der Waals surface area (Å²) in [6, 6.07) is 48.3. The standard InChI is InChI=1S/C42H29N3O/c1-42(2)35-24-34-31-16-9-10-19-36(31)46-37(34)25-33(35)32-18-11-17-30(38(32)42)26-20-22-29(23-21-26)41-44-39(27-12-5-3-6-13-27)43-40(45-41)28-14-7-4-8-15-28/h3-25H,1-2H3. The lowest BCUT2D eigenvalue weighted by Gasteiger charge is -2.24. The molecule has 2 aromatic heterocycles. The van der Waals surface area contributed by atoms with E-state index in [0.29, 0.717) is 17.5 Å². The van der Waals surface area contributed by atoms with Gasteiger partial charge in [-0.2, -0.15) is 0 Å². The molecular formula is C42H29N3O. The number of hydrogen-bond donors (Lipinski definition) is 0. The van der Waals surface area contributed by atoms with Gasteiger partial charge in [-0.05, 0) is 51.6 Å². The van der Waals surface area contributed by atoms with E-state index in [4.69, 9.17) is 19.4 Å². The van der Waals surface area contributed by atoms with E-state index in [1.54, 1.807) is 0 Å². The summed E-state index contributed by atoms with van der Waals surface area (Å²) in [5.74, 6) is 1.97. The van der Waals surface area contributed by atoms with Gasteiger partial charge in [0.25, 0.3) is 0 Å². The van der Waals surface area contributed by atoms with Crippen LogP contribution in [-0.4, -0.2) is 15.0 Å². The summed E-state index contributed by atoms with van der Waals surface area (Å²) in [6.45, 7) is 4.68. The Bertz CT molecular complexity index is 2370. The molecule has 46 heavy (non-hydrogen) atoms. The van der Waals surface area contributed by atoms with E-state index in [2.05, 4.69) is 80.6 Å². The van der Waals surface area contributed by atoms with Crippen LogP contribution in [0.2, 0.25) is 0 Å². The summed E-state index contributed by atoms with van der Waals surface area (Å²) in [5.41, 5.74) is 12.1. The highest BCUT2D eigenvalue weighted by Crippen LogP contribution is 2.53. The number of aromatic nitrogens is 3. The molecule has 1 aliphatic rings. The van der Waals surface area contributed by atoms with E-state index >= 15 is 0 Å². The maximum atomic E-state index is 6.29. The molecule has 4 nitrogen and oxygen atoms in total. The van der Waals surface area contributed by atoms with Crippen molar-refractivity contribution in [3.63, 3.8) is 0 Å². The van der Waals surface area contributed by atoms with Gasteiger partial charge < -0.3 is 4.42 Å². The zero-order chi connectivity index (χ0) is 30.8. The molecule has 0 bridgehead atoms. The molecule has 4 heteroatoms. The van der Waals surface area contributed by atoms with Gasteiger partial charge in [-0.1, -0.05) is 135 Å². The number of nitrogens with zero attached hydrogens (tertiary/aromatic N) is 3. The summed E-state index contributed by atoms with van der Waals surface area (Å²) < 4.78 is 6.29. The fourth-order valence-corrected chi connectivity index (χ4v) is 7.07. The smallest absolute Gasteiger partial charge is 0.164 e. The largest absolute Gasteiger partial charge is 0.456 e. The monoisotopic (exact) mass is 591 g/mol. The van der Waals surface area contributed by atoms with Gasteiger partial charge in [0.2, 0.25) is 0 Å². The highest BCUT2D eigenvalue weighted by Gasteiger charge is 2.38. The molecule has 2 heterocycles. The van der Waals surface area contributed by atoms with Crippen LogP contribution in [-0.2, 0) is 5.41 Å². The Morgan fingerprint density at radius 1 is 0.435 bits per heavy atom. The Kier molecular flexibility index (Phi) is 5.81. The minimum absolute atomic E-state index is 0.185. The highest BCUT2D eigenvalue weighted by molar-refractivity contribution is 6.07. The average molecular weight is 592 g/mol. The molecule has 0 N–H and O–H groups in total. The maximum absolute atomic E-state index is 6.29. The normalized spacial score (nSPS) is 13.2. The zero-order valence-electron chi connectivity index (χ0n) is 25.5. The van der Waals surface area contributed by atoms with Gasteiger partial charge in [-0.3, -0.25) is 0 Å². The minimum atomic E-state index is -0.185. The second-order valence-electron chi connectivity index (χ2n) is 12.5. The number of hydrogen-bond acceptors (Lipinski definition) is 4. The molecule has 0 saturated heterocycles. The van der Waals surface area contributed by atoms with Crippen molar-refractivity contribution in [3.8, 4) is 56.4 Å². The Balaban J connectivity index is 1.14. The van der Waals surface area contributed by atoms with Crippen LogP contribution in [0.25, 0.3) is 78.4 Å². The molecule has 0 radical (unpaired) electrons. The molecule has 0 aliphatic heterocycles. The van der Waals surface area contributed by atoms with Crippen LogP contribution in [0.4, 0.5) is 0 Å². The van der Waals surface area contributed by atoms with Crippen molar-refractivity contribution in [1.29, 1.82) is 0 Å². The number of furan rings is 1. The first-order valence-electron chi connectivity index (χ1n) is 15.6. The van der Waals surface area contributed by atoms with E-state index in [1.807, 2.05) is 72.8 Å². The van der Waals surface area contributed by atoms with Crippen LogP contribution in [0.3, 0.4) is 0 Å². The van der Waals surface area contributed by atoms with Crippen molar-refractivity contribution in [2.24, 2.45) is 0 Å². The third-order valence-electron chi connectivity index (χ3n) is 9.32. The van der Waals surface area contributed by atoms with Crippen LogP contribution in [0.5, 0.6) is 0 Å². The summed E-state index contributed by atoms with van der Waals surface area (Å²) >= 11 is 0.